The van der Waals surface area contributed by atoms with Crippen molar-refractivity contribution in [2.75, 3.05) is 31.1 Å². The van der Waals surface area contributed by atoms with Crippen molar-refractivity contribution in [2.45, 2.75) is 44.6 Å². The number of nitrogens with one attached hydrogen (secondary N) is 1. The van der Waals surface area contributed by atoms with Crippen LogP contribution in [-0.2, 0) is 6.42 Å². The Morgan fingerprint density at radius 3 is 2.96 bits per heavy atom. The quantitative estimate of drug-likeness (QED) is 0.916. The number of piperidine rings is 1. The van der Waals surface area contributed by atoms with Gasteiger partial charge >= 0.3 is 6.03 Å². The lowest BCUT2D eigenvalue weighted by Crippen LogP contribution is -2.51. The van der Waals surface area contributed by atoms with Crippen molar-refractivity contribution in [1.82, 2.24) is 20.2 Å². The number of aromatic nitrogens is 2. The molecule has 132 valence electrons. The lowest BCUT2D eigenvalue weighted by atomic mass is 10.1. The van der Waals surface area contributed by atoms with Gasteiger partial charge in [-0.2, -0.15) is 0 Å². The van der Waals surface area contributed by atoms with Crippen LogP contribution in [0.2, 0.25) is 0 Å². The van der Waals surface area contributed by atoms with E-state index < -0.39 is 18.5 Å². The molecule has 2 aliphatic heterocycles. The summed E-state index contributed by atoms with van der Waals surface area (Å²) >= 11 is 0. The molecule has 0 bridgehead atoms. The Bertz CT molecular complexity index is 598. The highest BCUT2D eigenvalue weighted by atomic mass is 19.3. The third kappa shape index (κ3) is 3.91. The molecule has 2 aliphatic rings. The molecule has 2 amide bonds. The minimum Gasteiger partial charge on any atom is -0.354 e. The Morgan fingerprint density at radius 1 is 1.42 bits per heavy atom. The first-order valence-electron chi connectivity index (χ1n) is 8.46. The molecule has 24 heavy (non-hydrogen) atoms. The third-order valence-corrected chi connectivity index (χ3v) is 4.60. The number of carbonyl (C=O) groups is 1. The lowest BCUT2D eigenvalue weighted by Gasteiger charge is -2.34. The van der Waals surface area contributed by atoms with E-state index in [1.807, 2.05) is 13.0 Å². The summed E-state index contributed by atoms with van der Waals surface area (Å²) in [5.41, 5.74) is 0.977. The summed E-state index contributed by atoms with van der Waals surface area (Å²) in [7, 11) is 0. The molecule has 2 fully saturated rings. The van der Waals surface area contributed by atoms with E-state index in [2.05, 4.69) is 20.2 Å². The minimum absolute atomic E-state index is 0.0551. The fourth-order valence-corrected chi connectivity index (χ4v) is 3.23. The SMILES string of the molecule is CCc1cc(N2CCCC(NC(=O)N3CCC(F)(F)C3)C2)ncn1. The predicted octanol–water partition coefficient (Wildman–Crippen LogP) is 2.06. The standard InChI is InChI=1S/C16H23F2N5O/c1-2-12-8-14(20-11-19-12)22-6-3-4-13(9-22)21-15(24)23-7-5-16(17,18)10-23/h8,11,13H,2-7,9-10H2,1H3,(H,21,24). The van der Waals surface area contributed by atoms with E-state index in [4.69, 9.17) is 0 Å². The second-order valence-electron chi connectivity index (χ2n) is 6.48. The van der Waals surface area contributed by atoms with Crippen LogP contribution >= 0.6 is 0 Å². The van der Waals surface area contributed by atoms with E-state index in [9.17, 15) is 13.6 Å². The first kappa shape index (κ1) is 16.9. The number of hydrogen-bond donors (Lipinski definition) is 1. The number of aryl methyl sites for hydroxylation is 1. The summed E-state index contributed by atoms with van der Waals surface area (Å²) in [4.78, 5) is 24.0. The molecule has 0 spiro atoms. The molecule has 1 N–H and O–H groups in total. The van der Waals surface area contributed by atoms with Crippen LogP contribution in [0.5, 0.6) is 0 Å². The molecule has 1 unspecified atom stereocenters. The Balaban J connectivity index is 1.58. The van der Waals surface area contributed by atoms with Crippen LogP contribution in [0, 0.1) is 0 Å². The number of amides is 2. The number of alkyl halides is 2. The normalized spacial score (nSPS) is 23.4. The van der Waals surface area contributed by atoms with Crippen LogP contribution in [0.25, 0.3) is 0 Å². The Morgan fingerprint density at radius 2 is 2.25 bits per heavy atom. The highest BCUT2D eigenvalue weighted by Crippen LogP contribution is 2.27. The first-order chi connectivity index (χ1) is 11.5. The van der Waals surface area contributed by atoms with E-state index in [1.54, 1.807) is 6.33 Å². The summed E-state index contributed by atoms with van der Waals surface area (Å²) in [6.07, 6.45) is 3.91. The monoisotopic (exact) mass is 339 g/mol. The fourth-order valence-electron chi connectivity index (χ4n) is 3.23. The molecule has 1 aromatic heterocycles. The van der Waals surface area contributed by atoms with Crippen molar-refractivity contribution in [3.05, 3.63) is 18.1 Å². The van der Waals surface area contributed by atoms with Crippen LogP contribution in [0.1, 0.15) is 31.9 Å². The third-order valence-electron chi connectivity index (χ3n) is 4.60. The number of anilines is 1. The first-order valence-corrected chi connectivity index (χ1v) is 8.46. The topological polar surface area (TPSA) is 61.4 Å². The smallest absolute Gasteiger partial charge is 0.317 e. The predicted molar refractivity (Wildman–Crippen MR) is 86.3 cm³/mol. The Kier molecular flexibility index (Phi) is 4.82. The summed E-state index contributed by atoms with van der Waals surface area (Å²) in [6, 6.07) is 1.52. The Hall–Kier alpha value is -1.99. The number of hydrogen-bond acceptors (Lipinski definition) is 4. The van der Waals surface area contributed by atoms with Gasteiger partial charge in [0, 0.05) is 43.9 Å². The molecule has 0 aliphatic carbocycles. The van der Waals surface area contributed by atoms with Crippen LogP contribution in [0.15, 0.2) is 12.4 Å². The zero-order valence-electron chi connectivity index (χ0n) is 13.8. The minimum atomic E-state index is -2.76. The molecule has 8 heteroatoms. The number of halogens is 2. The summed E-state index contributed by atoms with van der Waals surface area (Å²) in [5, 5.41) is 2.90. The molecule has 6 nitrogen and oxygen atoms in total. The van der Waals surface area contributed by atoms with Crippen molar-refractivity contribution in [3.8, 4) is 0 Å². The molecular formula is C16H23F2N5O. The molecule has 0 radical (unpaired) electrons. The maximum atomic E-state index is 13.2. The van der Waals surface area contributed by atoms with E-state index >= 15 is 0 Å². The van der Waals surface area contributed by atoms with Gasteiger partial charge in [0.1, 0.15) is 12.1 Å². The van der Waals surface area contributed by atoms with Gasteiger partial charge in [-0.25, -0.2) is 23.5 Å². The molecule has 1 aromatic rings. The van der Waals surface area contributed by atoms with Gasteiger partial charge in [-0.1, -0.05) is 6.92 Å². The van der Waals surface area contributed by atoms with E-state index in [-0.39, 0.29) is 19.0 Å². The number of rotatable bonds is 3. The summed E-state index contributed by atoms with van der Waals surface area (Å²) in [6.45, 7) is 3.17. The van der Waals surface area contributed by atoms with Crippen LogP contribution < -0.4 is 10.2 Å². The van der Waals surface area contributed by atoms with Crippen molar-refractivity contribution in [3.63, 3.8) is 0 Å². The van der Waals surface area contributed by atoms with E-state index in [1.165, 1.54) is 4.90 Å². The van der Waals surface area contributed by atoms with Crippen molar-refractivity contribution >= 4 is 11.8 Å². The maximum Gasteiger partial charge on any atom is 0.317 e. The number of urea groups is 1. The van der Waals surface area contributed by atoms with Crippen LogP contribution in [-0.4, -0.2) is 59.0 Å². The highest BCUT2D eigenvalue weighted by molar-refractivity contribution is 5.75. The van der Waals surface area contributed by atoms with Crippen LogP contribution in [0.4, 0.5) is 19.4 Å². The van der Waals surface area contributed by atoms with Gasteiger partial charge in [-0.05, 0) is 19.3 Å². The van der Waals surface area contributed by atoms with Gasteiger partial charge in [0.25, 0.3) is 5.92 Å². The molecule has 0 saturated carbocycles. The molecule has 1 atom stereocenters. The van der Waals surface area contributed by atoms with E-state index in [0.717, 1.165) is 37.3 Å². The number of nitrogens with zero attached hydrogens (tertiary/aromatic N) is 4. The molecular weight excluding hydrogens is 316 g/mol. The van der Waals surface area contributed by atoms with Gasteiger partial charge in [-0.15, -0.1) is 0 Å². The zero-order valence-corrected chi connectivity index (χ0v) is 13.8. The van der Waals surface area contributed by atoms with Crippen molar-refractivity contribution < 1.29 is 13.6 Å². The van der Waals surface area contributed by atoms with Gasteiger partial charge in [0.2, 0.25) is 0 Å². The molecule has 0 aromatic carbocycles. The second kappa shape index (κ2) is 6.86. The average molecular weight is 339 g/mol. The zero-order chi connectivity index (χ0) is 17.2. The fraction of sp³-hybridized carbons (Fsp3) is 0.688. The Labute approximate surface area is 140 Å². The van der Waals surface area contributed by atoms with Crippen LogP contribution in [0.3, 0.4) is 0 Å². The summed E-state index contributed by atoms with van der Waals surface area (Å²) in [5.74, 6) is -1.90. The second-order valence-corrected chi connectivity index (χ2v) is 6.48. The highest BCUT2D eigenvalue weighted by Gasteiger charge is 2.40. The summed E-state index contributed by atoms with van der Waals surface area (Å²) < 4.78 is 26.5. The molecule has 3 heterocycles. The van der Waals surface area contributed by atoms with Crippen molar-refractivity contribution in [1.29, 1.82) is 0 Å². The largest absolute Gasteiger partial charge is 0.354 e. The number of likely N-dealkylation sites (tertiary alicyclic amines) is 1. The van der Waals surface area contributed by atoms with Gasteiger partial charge in [-0.3, -0.25) is 0 Å². The van der Waals surface area contributed by atoms with Gasteiger partial charge < -0.3 is 15.1 Å². The molecule has 2 saturated heterocycles. The van der Waals surface area contributed by atoms with E-state index in [0.29, 0.717) is 6.54 Å². The van der Waals surface area contributed by atoms with Gasteiger partial charge in [0.15, 0.2) is 0 Å². The average Bonchev–Trinajstić information content (AvgIpc) is 2.95. The van der Waals surface area contributed by atoms with Crippen molar-refractivity contribution in [2.24, 2.45) is 0 Å². The van der Waals surface area contributed by atoms with Gasteiger partial charge in [0.05, 0.1) is 6.54 Å². The lowest BCUT2D eigenvalue weighted by molar-refractivity contribution is 0.0152. The molecule has 3 rings (SSSR count). The maximum absolute atomic E-state index is 13.2. The number of carbonyl (C=O) groups excluding carboxylic acids is 1.